The van der Waals surface area contributed by atoms with Crippen molar-refractivity contribution in [3.8, 4) is 5.75 Å². The van der Waals surface area contributed by atoms with Gasteiger partial charge in [-0.3, -0.25) is 0 Å². The van der Waals surface area contributed by atoms with Crippen LogP contribution in [0.4, 0.5) is 4.39 Å². The summed E-state index contributed by atoms with van der Waals surface area (Å²) in [6.07, 6.45) is -1.12. The molecular weight excluding hydrogens is 279 g/mol. The first-order valence-electron chi connectivity index (χ1n) is 5.25. The van der Waals surface area contributed by atoms with Gasteiger partial charge in [-0.05, 0) is 13.0 Å². The van der Waals surface area contributed by atoms with Crippen LogP contribution in [-0.2, 0) is 19.4 Å². The summed E-state index contributed by atoms with van der Waals surface area (Å²) in [5, 5.41) is 19.1. The lowest BCUT2D eigenvalue weighted by Crippen LogP contribution is -2.16. The van der Waals surface area contributed by atoms with E-state index in [-0.39, 0.29) is 6.61 Å². The van der Waals surface area contributed by atoms with Crippen LogP contribution in [0.2, 0.25) is 0 Å². The third kappa shape index (κ3) is 3.42. The standard InChI is InChI=1S/C11H13FO6S/c1-3-18-11(15)10(14)6-4-7(12)9(5-8(6)13)19(2,16)17/h4-5,10,13-14H,3H2,1-2H3. The summed E-state index contributed by atoms with van der Waals surface area (Å²) in [7, 11) is -3.86. The Labute approximate surface area is 109 Å². The van der Waals surface area contributed by atoms with Crippen molar-refractivity contribution in [1.29, 1.82) is 0 Å². The lowest BCUT2D eigenvalue weighted by atomic mass is 10.1. The number of hydrogen-bond donors (Lipinski definition) is 2. The molecule has 1 unspecified atom stereocenters. The fraction of sp³-hybridized carbons (Fsp3) is 0.364. The van der Waals surface area contributed by atoms with E-state index in [4.69, 9.17) is 0 Å². The summed E-state index contributed by atoms with van der Waals surface area (Å²) in [5.74, 6) is -2.94. The Morgan fingerprint density at radius 1 is 1.47 bits per heavy atom. The van der Waals surface area contributed by atoms with Crippen LogP contribution < -0.4 is 0 Å². The van der Waals surface area contributed by atoms with Gasteiger partial charge < -0.3 is 14.9 Å². The van der Waals surface area contributed by atoms with Crippen LogP contribution >= 0.6 is 0 Å². The molecule has 0 heterocycles. The average Bonchev–Trinajstić information content (AvgIpc) is 2.29. The van der Waals surface area contributed by atoms with E-state index >= 15 is 0 Å². The van der Waals surface area contributed by atoms with Gasteiger partial charge in [0.15, 0.2) is 15.9 Å². The quantitative estimate of drug-likeness (QED) is 0.785. The second-order valence-electron chi connectivity index (χ2n) is 3.77. The van der Waals surface area contributed by atoms with Gasteiger partial charge in [-0.1, -0.05) is 0 Å². The Kier molecular flexibility index (Phi) is 4.48. The molecule has 19 heavy (non-hydrogen) atoms. The zero-order valence-corrected chi connectivity index (χ0v) is 11.1. The van der Waals surface area contributed by atoms with Gasteiger partial charge in [0.05, 0.1) is 6.61 Å². The van der Waals surface area contributed by atoms with Gasteiger partial charge in [-0.15, -0.1) is 0 Å². The highest BCUT2D eigenvalue weighted by Gasteiger charge is 2.25. The number of carbonyl (C=O) groups is 1. The van der Waals surface area contributed by atoms with Gasteiger partial charge in [0.25, 0.3) is 0 Å². The molecule has 8 heteroatoms. The van der Waals surface area contributed by atoms with Gasteiger partial charge >= 0.3 is 5.97 Å². The number of phenolic OH excluding ortho intramolecular Hbond substituents is 1. The molecule has 0 bridgehead atoms. The number of rotatable bonds is 4. The molecule has 0 amide bonds. The van der Waals surface area contributed by atoms with Crippen LogP contribution in [0.15, 0.2) is 17.0 Å². The second kappa shape index (κ2) is 5.54. The SMILES string of the molecule is CCOC(=O)C(O)c1cc(F)c(S(C)(=O)=O)cc1O. The van der Waals surface area contributed by atoms with Crippen molar-refractivity contribution in [2.24, 2.45) is 0 Å². The highest BCUT2D eigenvalue weighted by Crippen LogP contribution is 2.30. The molecule has 0 aliphatic rings. The van der Waals surface area contributed by atoms with Crippen molar-refractivity contribution < 1.29 is 32.6 Å². The van der Waals surface area contributed by atoms with Gasteiger partial charge in [0.1, 0.15) is 16.5 Å². The van der Waals surface area contributed by atoms with E-state index in [1.165, 1.54) is 6.92 Å². The molecule has 6 nitrogen and oxygen atoms in total. The Morgan fingerprint density at radius 2 is 2.05 bits per heavy atom. The molecule has 1 atom stereocenters. The summed E-state index contributed by atoms with van der Waals surface area (Å²) in [5.41, 5.74) is -0.455. The van der Waals surface area contributed by atoms with Crippen molar-refractivity contribution in [1.82, 2.24) is 0 Å². The first kappa shape index (κ1) is 15.4. The Balaban J connectivity index is 3.27. The van der Waals surface area contributed by atoms with E-state index in [2.05, 4.69) is 4.74 Å². The molecule has 0 aliphatic carbocycles. The Hall–Kier alpha value is -1.67. The maximum atomic E-state index is 13.6. The number of aliphatic hydroxyl groups is 1. The Morgan fingerprint density at radius 3 is 2.53 bits per heavy atom. The third-order valence-electron chi connectivity index (χ3n) is 2.29. The monoisotopic (exact) mass is 292 g/mol. The first-order chi connectivity index (χ1) is 8.68. The molecule has 2 N–H and O–H groups in total. The maximum Gasteiger partial charge on any atom is 0.339 e. The molecule has 0 aliphatic heterocycles. The van der Waals surface area contributed by atoms with Crippen LogP contribution in [0, 0.1) is 5.82 Å². The molecule has 1 rings (SSSR count). The molecule has 0 radical (unpaired) electrons. The number of esters is 1. The van der Waals surface area contributed by atoms with Crippen molar-refractivity contribution in [2.75, 3.05) is 12.9 Å². The lowest BCUT2D eigenvalue weighted by Gasteiger charge is -2.13. The number of phenols is 1. The number of hydrogen-bond acceptors (Lipinski definition) is 6. The number of sulfone groups is 1. The zero-order valence-electron chi connectivity index (χ0n) is 10.3. The average molecular weight is 292 g/mol. The minimum atomic E-state index is -3.86. The largest absolute Gasteiger partial charge is 0.508 e. The van der Waals surface area contributed by atoms with E-state index in [0.717, 1.165) is 6.26 Å². The van der Waals surface area contributed by atoms with Crippen molar-refractivity contribution in [3.63, 3.8) is 0 Å². The molecule has 0 saturated carbocycles. The highest BCUT2D eigenvalue weighted by molar-refractivity contribution is 7.90. The highest BCUT2D eigenvalue weighted by atomic mass is 32.2. The zero-order chi connectivity index (χ0) is 14.8. The molecule has 0 saturated heterocycles. The van der Waals surface area contributed by atoms with E-state index in [9.17, 15) is 27.8 Å². The van der Waals surface area contributed by atoms with Gasteiger partial charge in [-0.2, -0.15) is 0 Å². The van der Waals surface area contributed by atoms with Gasteiger partial charge in [0.2, 0.25) is 0 Å². The van der Waals surface area contributed by atoms with E-state index in [0.29, 0.717) is 12.1 Å². The molecule has 106 valence electrons. The number of carbonyl (C=O) groups excluding carboxylic acids is 1. The number of halogens is 1. The van der Waals surface area contributed by atoms with E-state index in [1.807, 2.05) is 0 Å². The molecule has 0 aromatic heterocycles. The fourth-order valence-electron chi connectivity index (χ4n) is 1.41. The Bertz CT molecular complexity index is 595. The van der Waals surface area contributed by atoms with Crippen LogP contribution in [0.3, 0.4) is 0 Å². The predicted molar refractivity (Wildman–Crippen MR) is 62.8 cm³/mol. The summed E-state index contributed by atoms with van der Waals surface area (Å²) >= 11 is 0. The van der Waals surface area contributed by atoms with Crippen molar-refractivity contribution >= 4 is 15.8 Å². The summed E-state index contributed by atoms with van der Waals surface area (Å²) in [6, 6.07) is 1.23. The summed E-state index contributed by atoms with van der Waals surface area (Å²) in [4.78, 5) is 10.5. The van der Waals surface area contributed by atoms with Crippen LogP contribution in [0.5, 0.6) is 5.75 Å². The molecule has 1 aromatic carbocycles. The molecule has 0 spiro atoms. The lowest BCUT2D eigenvalue weighted by molar-refractivity contribution is -0.153. The number of benzene rings is 1. The van der Waals surface area contributed by atoms with Crippen LogP contribution in [0.1, 0.15) is 18.6 Å². The molecule has 1 aromatic rings. The fourth-order valence-corrected chi connectivity index (χ4v) is 2.15. The van der Waals surface area contributed by atoms with Gasteiger partial charge in [-0.25, -0.2) is 17.6 Å². The number of ether oxygens (including phenoxy) is 1. The topological polar surface area (TPSA) is 101 Å². The third-order valence-corrected chi connectivity index (χ3v) is 3.40. The number of aromatic hydroxyl groups is 1. The first-order valence-corrected chi connectivity index (χ1v) is 7.14. The predicted octanol–water partition coefficient (Wildman–Crippen LogP) is 0.531. The smallest absolute Gasteiger partial charge is 0.339 e. The van der Waals surface area contributed by atoms with Crippen molar-refractivity contribution in [3.05, 3.63) is 23.5 Å². The van der Waals surface area contributed by atoms with Crippen LogP contribution in [0.25, 0.3) is 0 Å². The minimum absolute atomic E-state index is 0.000556. The van der Waals surface area contributed by atoms with Crippen molar-refractivity contribution in [2.45, 2.75) is 17.9 Å². The molecular formula is C11H13FO6S. The van der Waals surface area contributed by atoms with Crippen LogP contribution in [-0.4, -0.2) is 37.5 Å². The maximum absolute atomic E-state index is 13.6. The molecule has 0 fully saturated rings. The van der Waals surface area contributed by atoms with E-state index in [1.54, 1.807) is 0 Å². The van der Waals surface area contributed by atoms with E-state index < -0.39 is 43.9 Å². The minimum Gasteiger partial charge on any atom is -0.508 e. The normalized spacial score (nSPS) is 13.1. The van der Waals surface area contributed by atoms with Gasteiger partial charge in [0, 0.05) is 17.9 Å². The summed E-state index contributed by atoms with van der Waals surface area (Å²) < 4.78 is 40.5. The summed E-state index contributed by atoms with van der Waals surface area (Å²) in [6.45, 7) is 1.51. The second-order valence-corrected chi connectivity index (χ2v) is 5.75. The number of aliphatic hydroxyl groups excluding tert-OH is 1.